The molecular weight excluding hydrogens is 724 g/mol. The van der Waals surface area contributed by atoms with Crippen LogP contribution in [0.1, 0.15) is 91.9 Å². The average molecular weight is 789 g/mol. The summed E-state index contributed by atoms with van der Waals surface area (Å²) in [6.45, 7) is 7.34. The monoisotopic (exact) mass is 788 g/mol. The van der Waals surface area contributed by atoms with Crippen LogP contribution in [-0.2, 0) is 38.1 Å². The lowest BCUT2D eigenvalue weighted by Gasteiger charge is -2.25. The fraction of sp³-hybridized carbons (Fsp3) is 0.619. The second-order valence-corrected chi connectivity index (χ2v) is 13.6. The van der Waals surface area contributed by atoms with Gasteiger partial charge < -0.3 is 48.4 Å². The lowest BCUT2D eigenvalue weighted by atomic mass is 10.1. The Hall–Kier alpha value is -4.56. The topological polar surface area (TPSA) is 171 Å². The van der Waals surface area contributed by atoms with Crippen molar-refractivity contribution in [2.75, 3.05) is 75.6 Å². The number of carboxylic acid groups (broad SMARTS) is 2. The highest BCUT2D eigenvalue weighted by Gasteiger charge is 2.21. The van der Waals surface area contributed by atoms with Crippen LogP contribution in [0.3, 0.4) is 0 Å². The van der Waals surface area contributed by atoms with Gasteiger partial charge in [-0.2, -0.15) is 0 Å². The van der Waals surface area contributed by atoms with Crippen molar-refractivity contribution in [2.45, 2.75) is 104 Å². The molecule has 0 spiro atoms. The van der Waals surface area contributed by atoms with Crippen molar-refractivity contribution >= 4 is 35.3 Å². The molecule has 0 aliphatic rings. The van der Waals surface area contributed by atoms with Crippen LogP contribution >= 0.6 is 0 Å². The molecule has 2 aromatic carbocycles. The van der Waals surface area contributed by atoms with Crippen LogP contribution < -0.4 is 19.3 Å². The molecule has 14 heteroatoms. The number of esters is 2. The third-order valence-corrected chi connectivity index (χ3v) is 8.73. The zero-order valence-corrected chi connectivity index (χ0v) is 33.8. The molecule has 314 valence electrons. The number of carbonyl (C=O) groups is 4. The van der Waals surface area contributed by atoms with Crippen molar-refractivity contribution in [2.24, 2.45) is 0 Å². The molecule has 2 aromatic rings. The number of carbonyl (C=O) groups excluding carboxylic acids is 2. The minimum atomic E-state index is -1.14. The van der Waals surface area contributed by atoms with E-state index in [9.17, 15) is 29.4 Å². The SMILES string of the molecule is CCCCCCC(C)OCCOC(=O)CN(CC(=O)O)c1ccccc1OCCOc1ccccc1N(CC(=O)O)CC(=O)OCCOC(C)CCCCCC. The van der Waals surface area contributed by atoms with Crippen LogP contribution in [-0.4, -0.2) is 112 Å². The Morgan fingerprint density at radius 3 is 1.30 bits per heavy atom. The van der Waals surface area contributed by atoms with Crippen molar-refractivity contribution in [1.82, 2.24) is 0 Å². The number of hydrogen-bond acceptors (Lipinski definition) is 12. The van der Waals surface area contributed by atoms with Gasteiger partial charge in [-0.15, -0.1) is 0 Å². The van der Waals surface area contributed by atoms with E-state index in [0.717, 1.165) is 38.5 Å². The maximum Gasteiger partial charge on any atom is 0.325 e. The van der Waals surface area contributed by atoms with Gasteiger partial charge in [-0.05, 0) is 51.0 Å². The summed E-state index contributed by atoms with van der Waals surface area (Å²) in [5.41, 5.74) is 0.754. The van der Waals surface area contributed by atoms with E-state index >= 15 is 0 Å². The largest absolute Gasteiger partial charge is 0.488 e. The third kappa shape index (κ3) is 20.9. The lowest BCUT2D eigenvalue weighted by Crippen LogP contribution is -2.36. The van der Waals surface area contributed by atoms with Gasteiger partial charge in [-0.3, -0.25) is 19.2 Å². The number of benzene rings is 2. The molecule has 0 aliphatic carbocycles. The molecule has 0 saturated carbocycles. The van der Waals surface area contributed by atoms with Crippen LogP contribution in [0.15, 0.2) is 48.5 Å². The van der Waals surface area contributed by atoms with E-state index in [0.29, 0.717) is 22.9 Å². The quantitative estimate of drug-likeness (QED) is 0.0574. The fourth-order valence-electron chi connectivity index (χ4n) is 5.86. The van der Waals surface area contributed by atoms with Crippen molar-refractivity contribution < 1.29 is 57.8 Å². The van der Waals surface area contributed by atoms with Crippen molar-refractivity contribution in [1.29, 1.82) is 0 Å². The van der Waals surface area contributed by atoms with E-state index in [1.54, 1.807) is 48.5 Å². The summed E-state index contributed by atoms with van der Waals surface area (Å²) in [7, 11) is 0. The predicted molar refractivity (Wildman–Crippen MR) is 214 cm³/mol. The zero-order chi connectivity index (χ0) is 41.0. The Morgan fingerprint density at radius 2 is 0.929 bits per heavy atom. The van der Waals surface area contributed by atoms with Crippen molar-refractivity contribution in [3.8, 4) is 11.5 Å². The van der Waals surface area contributed by atoms with Crippen molar-refractivity contribution in [3.05, 3.63) is 48.5 Å². The van der Waals surface area contributed by atoms with Gasteiger partial charge in [0.2, 0.25) is 0 Å². The zero-order valence-electron chi connectivity index (χ0n) is 33.8. The van der Waals surface area contributed by atoms with Crippen LogP contribution in [0.2, 0.25) is 0 Å². The second kappa shape index (κ2) is 28.8. The molecule has 2 N–H and O–H groups in total. The summed E-state index contributed by atoms with van der Waals surface area (Å²) >= 11 is 0. The highest BCUT2D eigenvalue weighted by molar-refractivity contribution is 5.82. The molecular formula is C42H64N2O12. The molecule has 14 nitrogen and oxygen atoms in total. The number of anilines is 2. The summed E-state index contributed by atoms with van der Waals surface area (Å²) in [5.74, 6) is -2.85. The van der Waals surface area contributed by atoms with Gasteiger partial charge in [-0.1, -0.05) is 89.5 Å². The molecule has 0 bridgehead atoms. The minimum Gasteiger partial charge on any atom is -0.488 e. The first-order valence-electron chi connectivity index (χ1n) is 20.0. The number of rotatable bonds is 33. The summed E-state index contributed by atoms with van der Waals surface area (Å²) in [4.78, 5) is 51.7. The van der Waals surface area contributed by atoms with E-state index in [1.165, 1.54) is 35.5 Å². The lowest BCUT2D eigenvalue weighted by molar-refractivity contribution is -0.145. The first kappa shape index (κ1) is 47.6. The van der Waals surface area contributed by atoms with Crippen molar-refractivity contribution in [3.63, 3.8) is 0 Å². The van der Waals surface area contributed by atoms with Gasteiger partial charge in [0.05, 0.1) is 36.8 Å². The number of ether oxygens (including phenoxy) is 6. The minimum absolute atomic E-state index is 0.0165. The maximum absolute atomic E-state index is 12.7. The Morgan fingerprint density at radius 1 is 0.536 bits per heavy atom. The molecule has 0 radical (unpaired) electrons. The number of unbranched alkanes of at least 4 members (excludes halogenated alkanes) is 6. The number of hydrogen-bond donors (Lipinski definition) is 2. The molecule has 0 fully saturated rings. The van der Waals surface area contributed by atoms with E-state index in [1.807, 2.05) is 13.8 Å². The predicted octanol–water partition coefficient (Wildman–Crippen LogP) is 6.76. The molecule has 56 heavy (non-hydrogen) atoms. The average Bonchev–Trinajstić information content (AvgIpc) is 3.16. The second-order valence-electron chi connectivity index (χ2n) is 13.6. The van der Waals surface area contributed by atoms with Gasteiger partial charge in [-0.25, -0.2) is 0 Å². The smallest absolute Gasteiger partial charge is 0.325 e. The Labute approximate surface area is 332 Å². The summed E-state index contributed by atoms with van der Waals surface area (Å²) in [6.07, 6.45) is 11.2. The van der Waals surface area contributed by atoms with Gasteiger partial charge in [0.15, 0.2) is 0 Å². The molecule has 2 rings (SSSR count). The standard InChI is InChI=1S/C42H64N2O12/c1-5-7-9-11-17-33(3)51-23-27-55-41(49)31-43(29-39(45)46)35-19-13-15-21-37(35)53-25-26-54-38-22-16-14-20-36(38)44(30-40(47)48)32-42(50)56-28-24-52-34(4)18-12-10-8-6-2/h13-16,19-22,33-34H,5-12,17-18,23-32H2,1-4H3,(H,45,46)(H,47,48). The third-order valence-electron chi connectivity index (χ3n) is 8.73. The molecule has 0 saturated heterocycles. The van der Waals surface area contributed by atoms with E-state index in [4.69, 9.17) is 28.4 Å². The van der Waals surface area contributed by atoms with Gasteiger partial charge >= 0.3 is 23.9 Å². The summed E-state index contributed by atoms with van der Waals surface area (Å²) in [6, 6.07) is 13.4. The summed E-state index contributed by atoms with van der Waals surface area (Å²) in [5, 5.41) is 19.2. The molecule has 0 amide bonds. The number of carboxylic acids is 2. The first-order valence-corrected chi connectivity index (χ1v) is 20.0. The van der Waals surface area contributed by atoms with E-state index in [2.05, 4.69) is 13.8 Å². The Bertz CT molecular complexity index is 1320. The first-order chi connectivity index (χ1) is 27.0. The van der Waals surface area contributed by atoms with Crippen LogP contribution in [0.25, 0.3) is 0 Å². The van der Waals surface area contributed by atoms with Gasteiger partial charge in [0, 0.05) is 0 Å². The van der Waals surface area contributed by atoms with Gasteiger partial charge in [0.25, 0.3) is 0 Å². The van der Waals surface area contributed by atoms with Crippen LogP contribution in [0.4, 0.5) is 11.4 Å². The van der Waals surface area contributed by atoms with Gasteiger partial charge in [0.1, 0.15) is 64.1 Å². The molecule has 0 aliphatic heterocycles. The maximum atomic E-state index is 12.7. The normalized spacial score (nSPS) is 12.0. The summed E-state index contributed by atoms with van der Waals surface area (Å²) < 4.78 is 34.2. The fourth-order valence-corrected chi connectivity index (χ4v) is 5.86. The molecule has 0 heterocycles. The Kier molecular flexibility index (Phi) is 24.5. The molecule has 0 aromatic heterocycles. The Balaban J connectivity index is 1.94. The van der Waals surface area contributed by atoms with Crippen LogP contribution in [0.5, 0.6) is 11.5 Å². The number of aliphatic carboxylic acids is 2. The van der Waals surface area contributed by atoms with Crippen LogP contribution in [0, 0.1) is 0 Å². The molecule has 2 atom stereocenters. The van der Waals surface area contributed by atoms with E-state index < -0.39 is 37.0 Å². The molecule has 2 unspecified atom stereocenters. The van der Waals surface area contributed by atoms with E-state index in [-0.39, 0.29) is 64.9 Å². The highest BCUT2D eigenvalue weighted by Crippen LogP contribution is 2.30. The highest BCUT2D eigenvalue weighted by atomic mass is 16.6. The number of nitrogens with zero attached hydrogens (tertiary/aromatic N) is 2. The number of para-hydroxylation sites is 4.